The molecule has 1 aliphatic heterocycles. The van der Waals surface area contributed by atoms with Crippen LogP contribution in [-0.4, -0.2) is 32.2 Å². The quantitative estimate of drug-likeness (QED) is 0.869. The van der Waals surface area contributed by atoms with Gasteiger partial charge in [-0.1, -0.05) is 0 Å². The lowest BCUT2D eigenvalue weighted by Crippen LogP contribution is -2.35. The summed E-state index contributed by atoms with van der Waals surface area (Å²) in [7, 11) is 1.45. The van der Waals surface area contributed by atoms with Gasteiger partial charge < -0.3 is 20.1 Å². The Hall–Kier alpha value is -1.89. The van der Waals surface area contributed by atoms with Crippen LogP contribution in [0.15, 0.2) is 18.2 Å². The molecule has 0 unspecified atom stereocenters. The highest BCUT2D eigenvalue weighted by Crippen LogP contribution is 2.30. The maximum atomic E-state index is 12.3. The Kier molecular flexibility index (Phi) is 4.73. The number of carbonyl (C=O) groups is 1. The van der Waals surface area contributed by atoms with Gasteiger partial charge in [-0.25, -0.2) is 0 Å². The van der Waals surface area contributed by atoms with E-state index in [9.17, 15) is 13.6 Å². The maximum Gasteiger partial charge on any atom is 0.387 e. The number of nitrogens with one attached hydrogen (secondary N) is 2. The van der Waals surface area contributed by atoms with Crippen LogP contribution in [0.5, 0.6) is 11.5 Å². The zero-order valence-corrected chi connectivity index (χ0v) is 11.0. The third-order valence-corrected chi connectivity index (χ3v) is 3.04. The molecule has 1 amide bonds. The van der Waals surface area contributed by atoms with Crippen molar-refractivity contribution in [2.75, 3.05) is 19.0 Å². The van der Waals surface area contributed by atoms with Crippen LogP contribution in [0.1, 0.15) is 12.8 Å². The molecule has 1 aromatic rings. The van der Waals surface area contributed by atoms with Crippen molar-refractivity contribution in [2.24, 2.45) is 0 Å². The fraction of sp³-hybridized carbons (Fsp3) is 0.462. The van der Waals surface area contributed by atoms with Gasteiger partial charge in [-0.05, 0) is 31.5 Å². The zero-order valence-electron chi connectivity index (χ0n) is 11.0. The van der Waals surface area contributed by atoms with Crippen molar-refractivity contribution in [1.29, 1.82) is 0 Å². The summed E-state index contributed by atoms with van der Waals surface area (Å²) in [6.07, 6.45) is 1.64. The average Bonchev–Trinajstić information content (AvgIpc) is 2.94. The normalized spacial score (nSPS) is 18.1. The maximum absolute atomic E-state index is 12.3. The Labute approximate surface area is 115 Å². The molecule has 0 bridgehead atoms. The predicted molar refractivity (Wildman–Crippen MR) is 69.3 cm³/mol. The summed E-state index contributed by atoms with van der Waals surface area (Å²) in [5.41, 5.74) is 0.170. The van der Waals surface area contributed by atoms with Crippen molar-refractivity contribution in [2.45, 2.75) is 25.5 Å². The molecule has 2 rings (SSSR count). The predicted octanol–water partition coefficient (Wildman–Crippen LogP) is 1.99. The number of alkyl halides is 2. The number of benzene rings is 1. The van der Waals surface area contributed by atoms with E-state index in [0.717, 1.165) is 19.4 Å². The lowest BCUT2D eigenvalue weighted by atomic mass is 10.2. The fourth-order valence-electron chi connectivity index (χ4n) is 2.06. The van der Waals surface area contributed by atoms with E-state index < -0.39 is 6.61 Å². The molecule has 20 heavy (non-hydrogen) atoms. The Morgan fingerprint density at radius 1 is 1.50 bits per heavy atom. The summed E-state index contributed by atoms with van der Waals surface area (Å²) in [6.45, 7) is -2.18. The lowest BCUT2D eigenvalue weighted by Gasteiger charge is -2.15. The lowest BCUT2D eigenvalue weighted by molar-refractivity contribution is -0.117. The summed E-state index contributed by atoms with van der Waals surface area (Å²) in [5, 5.41) is 5.63. The van der Waals surface area contributed by atoms with Crippen LogP contribution in [0.2, 0.25) is 0 Å². The van der Waals surface area contributed by atoms with Gasteiger partial charge in [0.25, 0.3) is 0 Å². The van der Waals surface area contributed by atoms with E-state index in [1.54, 1.807) is 0 Å². The first-order valence-corrected chi connectivity index (χ1v) is 6.27. The highest BCUT2D eigenvalue weighted by molar-refractivity contribution is 5.96. The molecule has 0 aliphatic carbocycles. The molecular formula is C13H16F2N2O3. The van der Waals surface area contributed by atoms with Gasteiger partial charge in [0.15, 0.2) is 0 Å². The monoisotopic (exact) mass is 286 g/mol. The summed E-state index contributed by atoms with van der Waals surface area (Å²) < 4.78 is 34.1. The van der Waals surface area contributed by atoms with E-state index >= 15 is 0 Å². The summed E-state index contributed by atoms with van der Waals surface area (Å²) >= 11 is 0. The molecule has 0 aromatic heterocycles. The number of ether oxygens (including phenoxy) is 2. The second-order valence-corrected chi connectivity index (χ2v) is 4.38. The number of hydrogen-bond donors (Lipinski definition) is 2. The van der Waals surface area contributed by atoms with Crippen molar-refractivity contribution in [3.63, 3.8) is 0 Å². The van der Waals surface area contributed by atoms with Gasteiger partial charge in [-0.15, -0.1) is 0 Å². The Morgan fingerprint density at radius 2 is 2.30 bits per heavy atom. The van der Waals surface area contributed by atoms with Crippen molar-refractivity contribution in [1.82, 2.24) is 5.32 Å². The van der Waals surface area contributed by atoms with E-state index in [1.165, 1.54) is 25.3 Å². The highest BCUT2D eigenvalue weighted by Gasteiger charge is 2.23. The van der Waals surface area contributed by atoms with Crippen LogP contribution in [0.3, 0.4) is 0 Å². The number of anilines is 1. The fourth-order valence-corrected chi connectivity index (χ4v) is 2.06. The molecule has 5 nitrogen and oxygen atoms in total. The topological polar surface area (TPSA) is 59.6 Å². The number of methoxy groups -OCH3 is 1. The van der Waals surface area contributed by atoms with Gasteiger partial charge in [0, 0.05) is 6.07 Å². The first kappa shape index (κ1) is 14.5. The van der Waals surface area contributed by atoms with E-state index in [4.69, 9.17) is 4.74 Å². The van der Waals surface area contributed by atoms with Gasteiger partial charge in [-0.2, -0.15) is 8.78 Å². The summed E-state index contributed by atoms with van der Waals surface area (Å²) in [6, 6.07) is 3.97. The van der Waals surface area contributed by atoms with Crippen LogP contribution >= 0.6 is 0 Å². The molecular weight excluding hydrogens is 270 g/mol. The van der Waals surface area contributed by atoms with Crippen LogP contribution in [0.25, 0.3) is 0 Å². The molecule has 1 saturated heterocycles. The van der Waals surface area contributed by atoms with E-state index in [1.807, 2.05) is 0 Å². The molecule has 1 atom stereocenters. The first-order chi connectivity index (χ1) is 9.60. The Bertz CT molecular complexity index is 477. The molecule has 0 radical (unpaired) electrons. The molecule has 1 aliphatic rings. The van der Waals surface area contributed by atoms with Crippen LogP contribution < -0.4 is 20.1 Å². The van der Waals surface area contributed by atoms with Crippen LogP contribution in [0.4, 0.5) is 14.5 Å². The van der Waals surface area contributed by atoms with Crippen molar-refractivity contribution in [3.05, 3.63) is 18.2 Å². The van der Waals surface area contributed by atoms with E-state index in [-0.39, 0.29) is 23.4 Å². The van der Waals surface area contributed by atoms with Crippen LogP contribution in [-0.2, 0) is 4.79 Å². The molecule has 0 spiro atoms. The molecule has 0 saturated carbocycles. The molecule has 2 N–H and O–H groups in total. The van der Waals surface area contributed by atoms with Crippen molar-refractivity contribution in [3.8, 4) is 11.5 Å². The molecule has 1 aromatic carbocycles. The van der Waals surface area contributed by atoms with Crippen molar-refractivity contribution < 1.29 is 23.0 Å². The van der Waals surface area contributed by atoms with Gasteiger partial charge in [0.05, 0.1) is 18.8 Å². The summed E-state index contributed by atoms with van der Waals surface area (Å²) in [4.78, 5) is 12.0. The number of rotatable bonds is 5. The summed E-state index contributed by atoms with van der Waals surface area (Å²) in [5.74, 6) is 0.0864. The van der Waals surface area contributed by atoms with Gasteiger partial charge in [0.1, 0.15) is 11.5 Å². The number of hydrogen-bond acceptors (Lipinski definition) is 4. The number of amides is 1. The van der Waals surface area contributed by atoms with Crippen molar-refractivity contribution >= 4 is 11.6 Å². The minimum atomic E-state index is -2.95. The van der Waals surface area contributed by atoms with Gasteiger partial charge in [-0.3, -0.25) is 4.79 Å². The second-order valence-electron chi connectivity index (χ2n) is 4.38. The molecule has 1 heterocycles. The standard InChI is InChI=1S/C13H16F2N2O3/c1-19-8-4-5-11(20-13(14)15)10(7-8)17-12(18)9-3-2-6-16-9/h4-5,7,9,13,16H,2-3,6H2,1H3,(H,17,18)/t9-/m0/s1. The largest absolute Gasteiger partial charge is 0.497 e. The number of halogens is 2. The average molecular weight is 286 g/mol. The number of carbonyl (C=O) groups excluding carboxylic acids is 1. The Morgan fingerprint density at radius 3 is 2.90 bits per heavy atom. The SMILES string of the molecule is COc1ccc(OC(F)F)c(NC(=O)[C@@H]2CCCN2)c1. The van der Waals surface area contributed by atoms with E-state index in [2.05, 4.69) is 15.4 Å². The minimum absolute atomic E-state index is 0.0906. The van der Waals surface area contributed by atoms with Gasteiger partial charge >= 0.3 is 6.61 Å². The molecule has 7 heteroatoms. The third-order valence-electron chi connectivity index (χ3n) is 3.04. The second kappa shape index (κ2) is 6.51. The smallest absolute Gasteiger partial charge is 0.387 e. The Balaban J connectivity index is 2.16. The van der Waals surface area contributed by atoms with E-state index in [0.29, 0.717) is 5.75 Å². The third kappa shape index (κ3) is 3.57. The zero-order chi connectivity index (χ0) is 14.5. The minimum Gasteiger partial charge on any atom is -0.497 e. The molecule has 110 valence electrons. The highest BCUT2D eigenvalue weighted by atomic mass is 19.3. The first-order valence-electron chi connectivity index (χ1n) is 6.27. The van der Waals surface area contributed by atoms with Gasteiger partial charge in [0.2, 0.25) is 5.91 Å². The molecule has 1 fully saturated rings. The van der Waals surface area contributed by atoms with Crippen LogP contribution in [0, 0.1) is 0 Å².